The van der Waals surface area contributed by atoms with Crippen molar-refractivity contribution in [2.24, 2.45) is 5.92 Å². The standard InChI is InChI=1S/C18H24N4O4S2/c1-11-3-5-13(6-4-11)22-28(25,26)10-17(24)20-14-7-8-15-16(9-14)27-18(21-15)19-12(2)23/h7-9,11,13,22H,3-6,10H2,1-2H3,(H,20,24)(H,19,21,23). The van der Waals surface area contributed by atoms with E-state index < -0.39 is 21.7 Å². The number of benzene rings is 1. The summed E-state index contributed by atoms with van der Waals surface area (Å²) in [5.74, 6) is -0.797. The molecular formula is C18H24N4O4S2. The molecule has 1 heterocycles. The van der Waals surface area contributed by atoms with Crippen molar-refractivity contribution in [1.29, 1.82) is 0 Å². The number of thiazole rings is 1. The molecule has 1 saturated carbocycles. The molecule has 1 aliphatic rings. The maximum atomic E-state index is 12.3. The first kappa shape index (κ1) is 20.7. The van der Waals surface area contributed by atoms with Crippen molar-refractivity contribution in [3.8, 4) is 0 Å². The highest BCUT2D eigenvalue weighted by atomic mass is 32.2. The molecule has 0 atom stereocenters. The van der Waals surface area contributed by atoms with Crippen LogP contribution in [0.1, 0.15) is 39.5 Å². The molecule has 2 aromatic rings. The molecule has 28 heavy (non-hydrogen) atoms. The molecule has 2 amide bonds. The number of aromatic nitrogens is 1. The van der Waals surface area contributed by atoms with Gasteiger partial charge in [0.2, 0.25) is 21.8 Å². The van der Waals surface area contributed by atoms with Gasteiger partial charge in [0.05, 0.1) is 10.2 Å². The summed E-state index contributed by atoms with van der Waals surface area (Å²) in [5.41, 5.74) is 1.17. The number of fused-ring (bicyclic) bond motifs is 1. The lowest BCUT2D eigenvalue weighted by Gasteiger charge is -2.26. The molecule has 0 bridgehead atoms. The van der Waals surface area contributed by atoms with Crippen LogP contribution < -0.4 is 15.4 Å². The Morgan fingerprint density at radius 2 is 1.89 bits per heavy atom. The highest BCUT2D eigenvalue weighted by molar-refractivity contribution is 7.90. The van der Waals surface area contributed by atoms with E-state index in [2.05, 4.69) is 27.3 Å². The van der Waals surface area contributed by atoms with Crippen molar-refractivity contribution in [1.82, 2.24) is 9.71 Å². The van der Waals surface area contributed by atoms with Crippen molar-refractivity contribution >= 4 is 54.2 Å². The highest BCUT2D eigenvalue weighted by Gasteiger charge is 2.24. The fourth-order valence-corrected chi connectivity index (χ4v) is 5.45. The fourth-order valence-electron chi connectivity index (χ4n) is 3.25. The molecular weight excluding hydrogens is 400 g/mol. The van der Waals surface area contributed by atoms with E-state index >= 15 is 0 Å². The molecule has 1 fully saturated rings. The van der Waals surface area contributed by atoms with Gasteiger partial charge < -0.3 is 10.6 Å². The van der Waals surface area contributed by atoms with E-state index in [4.69, 9.17) is 0 Å². The quantitative estimate of drug-likeness (QED) is 0.659. The summed E-state index contributed by atoms with van der Waals surface area (Å²) in [7, 11) is -3.69. The second kappa shape index (κ2) is 8.54. The SMILES string of the molecule is CC(=O)Nc1nc2ccc(NC(=O)CS(=O)(=O)NC3CCC(C)CC3)cc2s1. The Morgan fingerprint density at radius 3 is 2.57 bits per heavy atom. The maximum Gasteiger partial charge on any atom is 0.240 e. The minimum absolute atomic E-state index is 0.0882. The summed E-state index contributed by atoms with van der Waals surface area (Å²) >= 11 is 1.28. The van der Waals surface area contributed by atoms with Crippen LogP contribution in [0.4, 0.5) is 10.8 Å². The lowest BCUT2D eigenvalue weighted by atomic mass is 9.88. The smallest absolute Gasteiger partial charge is 0.240 e. The van der Waals surface area contributed by atoms with Gasteiger partial charge in [0, 0.05) is 18.7 Å². The van der Waals surface area contributed by atoms with Crippen molar-refractivity contribution in [2.75, 3.05) is 16.4 Å². The van der Waals surface area contributed by atoms with Gasteiger partial charge in [-0.1, -0.05) is 18.3 Å². The predicted octanol–water partition coefficient (Wildman–Crippen LogP) is 2.69. The lowest BCUT2D eigenvalue weighted by molar-refractivity contribution is -0.114. The number of carbonyl (C=O) groups excluding carboxylic acids is 2. The largest absolute Gasteiger partial charge is 0.325 e. The number of amides is 2. The van der Waals surface area contributed by atoms with Crippen LogP contribution in [0.15, 0.2) is 18.2 Å². The third kappa shape index (κ3) is 5.73. The number of sulfonamides is 1. The van der Waals surface area contributed by atoms with Gasteiger partial charge in [0.25, 0.3) is 0 Å². The van der Waals surface area contributed by atoms with Crippen LogP contribution in [0.25, 0.3) is 10.2 Å². The van der Waals surface area contributed by atoms with Gasteiger partial charge in [-0.05, 0) is 49.8 Å². The predicted molar refractivity (Wildman–Crippen MR) is 111 cm³/mol. The number of nitrogens with one attached hydrogen (secondary N) is 3. The Morgan fingerprint density at radius 1 is 1.18 bits per heavy atom. The van der Waals surface area contributed by atoms with Gasteiger partial charge in [-0.25, -0.2) is 18.1 Å². The molecule has 0 unspecified atom stereocenters. The van der Waals surface area contributed by atoms with Gasteiger partial charge in [-0.3, -0.25) is 9.59 Å². The summed E-state index contributed by atoms with van der Waals surface area (Å²) in [6.45, 7) is 3.57. The molecule has 1 aromatic heterocycles. The molecule has 0 saturated heterocycles. The second-order valence-electron chi connectivity index (χ2n) is 7.26. The van der Waals surface area contributed by atoms with Crippen LogP contribution in [0.3, 0.4) is 0 Å². The van der Waals surface area contributed by atoms with Gasteiger partial charge in [-0.2, -0.15) is 0 Å². The summed E-state index contributed by atoms with van der Waals surface area (Å²) in [6, 6.07) is 4.98. The lowest BCUT2D eigenvalue weighted by Crippen LogP contribution is -2.41. The fraction of sp³-hybridized carbons (Fsp3) is 0.500. The molecule has 3 N–H and O–H groups in total. The molecule has 10 heteroatoms. The van der Waals surface area contributed by atoms with Crippen LogP contribution in [0, 0.1) is 5.92 Å². The average molecular weight is 425 g/mol. The maximum absolute atomic E-state index is 12.3. The van der Waals surface area contributed by atoms with Gasteiger partial charge >= 0.3 is 0 Å². The summed E-state index contributed by atoms with van der Waals surface area (Å²) in [5, 5.41) is 5.71. The summed E-state index contributed by atoms with van der Waals surface area (Å²) < 4.78 is 28.0. The van der Waals surface area contributed by atoms with Crippen LogP contribution >= 0.6 is 11.3 Å². The number of anilines is 2. The first-order valence-electron chi connectivity index (χ1n) is 9.18. The molecule has 0 spiro atoms. The monoisotopic (exact) mass is 424 g/mol. The Balaban J connectivity index is 1.59. The number of rotatable bonds is 6. The minimum Gasteiger partial charge on any atom is -0.325 e. The van der Waals surface area contributed by atoms with Gasteiger partial charge in [0.1, 0.15) is 5.75 Å². The van der Waals surface area contributed by atoms with Crippen LogP contribution in [0.5, 0.6) is 0 Å². The first-order chi connectivity index (χ1) is 13.2. The zero-order valence-electron chi connectivity index (χ0n) is 15.8. The molecule has 1 aliphatic carbocycles. The number of carbonyl (C=O) groups is 2. The highest BCUT2D eigenvalue weighted by Crippen LogP contribution is 2.28. The normalized spacial score (nSPS) is 20.1. The van der Waals surface area contributed by atoms with Crippen LogP contribution in [-0.4, -0.2) is 37.0 Å². The number of nitrogens with zero attached hydrogens (tertiary/aromatic N) is 1. The second-order valence-corrected chi connectivity index (χ2v) is 10.0. The van der Waals surface area contributed by atoms with Crippen molar-refractivity contribution in [2.45, 2.75) is 45.6 Å². The van der Waals surface area contributed by atoms with Crippen molar-refractivity contribution in [3.63, 3.8) is 0 Å². The van der Waals surface area contributed by atoms with Gasteiger partial charge in [-0.15, -0.1) is 0 Å². The first-order valence-corrected chi connectivity index (χ1v) is 11.6. The Labute approximate surface area is 168 Å². The van der Waals surface area contributed by atoms with E-state index in [1.54, 1.807) is 18.2 Å². The van der Waals surface area contributed by atoms with Crippen molar-refractivity contribution in [3.05, 3.63) is 18.2 Å². The third-order valence-corrected chi connectivity index (χ3v) is 6.91. The zero-order chi connectivity index (χ0) is 20.3. The van der Waals surface area contributed by atoms with E-state index in [9.17, 15) is 18.0 Å². The molecule has 8 nitrogen and oxygen atoms in total. The zero-order valence-corrected chi connectivity index (χ0v) is 17.5. The van der Waals surface area contributed by atoms with Gasteiger partial charge in [0.15, 0.2) is 5.13 Å². The van der Waals surface area contributed by atoms with Crippen LogP contribution in [0.2, 0.25) is 0 Å². The van der Waals surface area contributed by atoms with E-state index in [1.165, 1.54) is 18.3 Å². The minimum atomic E-state index is -3.69. The molecule has 0 radical (unpaired) electrons. The van der Waals surface area contributed by atoms with Crippen molar-refractivity contribution < 1.29 is 18.0 Å². The Hall–Kier alpha value is -2.04. The summed E-state index contributed by atoms with van der Waals surface area (Å²) in [4.78, 5) is 27.6. The van der Waals surface area contributed by atoms with E-state index in [0.717, 1.165) is 30.4 Å². The molecule has 3 rings (SSSR count). The average Bonchev–Trinajstić information content (AvgIpc) is 2.96. The molecule has 1 aromatic carbocycles. The number of hydrogen-bond acceptors (Lipinski definition) is 6. The Kier molecular flexibility index (Phi) is 6.31. The van der Waals surface area contributed by atoms with E-state index in [0.29, 0.717) is 22.3 Å². The number of hydrogen-bond donors (Lipinski definition) is 3. The van der Waals surface area contributed by atoms with Crippen LogP contribution in [-0.2, 0) is 19.6 Å². The third-order valence-electron chi connectivity index (χ3n) is 4.64. The Bertz CT molecular complexity index is 979. The molecule has 152 valence electrons. The topological polar surface area (TPSA) is 117 Å². The van der Waals surface area contributed by atoms with E-state index in [1.807, 2.05) is 0 Å². The summed E-state index contributed by atoms with van der Waals surface area (Å²) in [6.07, 6.45) is 3.60. The molecule has 0 aliphatic heterocycles. The van der Waals surface area contributed by atoms with E-state index in [-0.39, 0.29) is 11.9 Å².